The van der Waals surface area contributed by atoms with E-state index in [4.69, 9.17) is 0 Å². The van der Waals surface area contributed by atoms with Crippen LogP contribution in [0.5, 0.6) is 0 Å². The number of nitrogens with zero attached hydrogens (tertiary/aromatic N) is 2. The summed E-state index contributed by atoms with van der Waals surface area (Å²) in [7, 11) is 0. The number of hydrogen-bond acceptors (Lipinski definition) is 4. The third-order valence-electron chi connectivity index (χ3n) is 4.16. The number of hydrogen-bond donors (Lipinski definition) is 1. The van der Waals surface area contributed by atoms with E-state index in [9.17, 15) is 9.59 Å². The highest BCUT2D eigenvalue weighted by Crippen LogP contribution is 2.25. The first-order valence-electron chi connectivity index (χ1n) is 8.19. The summed E-state index contributed by atoms with van der Waals surface area (Å²) in [5.74, 6) is 0.0896. The molecule has 1 aliphatic heterocycles. The van der Waals surface area contributed by atoms with Gasteiger partial charge in [-0.1, -0.05) is 24.3 Å². The van der Waals surface area contributed by atoms with Gasteiger partial charge in [0.1, 0.15) is 0 Å². The molecule has 1 saturated heterocycles. The smallest absolute Gasteiger partial charge is 0.228 e. The second-order valence-electron chi connectivity index (χ2n) is 5.97. The SMILES string of the molecule is Cc1ccccc1CCNC(=O)Cc1csc(N2CCCC2=O)n1. The van der Waals surface area contributed by atoms with E-state index in [0.29, 0.717) is 18.1 Å². The van der Waals surface area contributed by atoms with Crippen LogP contribution in [0.1, 0.15) is 29.7 Å². The van der Waals surface area contributed by atoms with Crippen molar-refractivity contribution in [3.05, 3.63) is 46.5 Å². The number of aromatic nitrogens is 1. The number of thiazole rings is 1. The maximum Gasteiger partial charge on any atom is 0.228 e. The van der Waals surface area contributed by atoms with Crippen molar-refractivity contribution < 1.29 is 9.59 Å². The highest BCUT2D eigenvalue weighted by Gasteiger charge is 2.24. The third kappa shape index (κ3) is 4.00. The monoisotopic (exact) mass is 343 g/mol. The van der Waals surface area contributed by atoms with Crippen LogP contribution in [0.3, 0.4) is 0 Å². The lowest BCUT2D eigenvalue weighted by Gasteiger charge is -2.10. The Balaban J connectivity index is 1.48. The molecule has 0 radical (unpaired) electrons. The summed E-state index contributed by atoms with van der Waals surface area (Å²) in [6.07, 6.45) is 2.55. The predicted molar refractivity (Wildman–Crippen MR) is 95.3 cm³/mol. The van der Waals surface area contributed by atoms with E-state index in [1.165, 1.54) is 22.5 Å². The first-order valence-corrected chi connectivity index (χ1v) is 9.07. The van der Waals surface area contributed by atoms with Gasteiger partial charge in [-0.2, -0.15) is 0 Å². The topological polar surface area (TPSA) is 62.3 Å². The van der Waals surface area contributed by atoms with E-state index in [1.807, 2.05) is 17.5 Å². The van der Waals surface area contributed by atoms with Gasteiger partial charge in [-0.25, -0.2) is 4.98 Å². The molecule has 126 valence electrons. The number of carbonyl (C=O) groups excluding carboxylic acids is 2. The Labute approximate surface area is 145 Å². The summed E-state index contributed by atoms with van der Waals surface area (Å²) in [5, 5.41) is 5.51. The minimum Gasteiger partial charge on any atom is -0.355 e. The zero-order valence-electron chi connectivity index (χ0n) is 13.7. The Hall–Kier alpha value is -2.21. The Bertz CT molecular complexity index is 741. The second kappa shape index (κ2) is 7.57. The standard InChI is InChI=1S/C18H21N3O2S/c1-13-5-2-3-6-14(13)8-9-19-16(22)11-15-12-24-18(20-15)21-10-4-7-17(21)23/h2-3,5-6,12H,4,7-11H2,1H3,(H,19,22). The van der Waals surface area contributed by atoms with Crippen LogP contribution in [0, 0.1) is 6.92 Å². The van der Waals surface area contributed by atoms with Gasteiger partial charge in [0.2, 0.25) is 11.8 Å². The first kappa shape index (κ1) is 16.6. The van der Waals surface area contributed by atoms with Gasteiger partial charge in [0.25, 0.3) is 0 Å². The molecule has 2 aromatic rings. The molecule has 2 amide bonds. The Kier molecular flexibility index (Phi) is 5.25. The van der Waals surface area contributed by atoms with Crippen LogP contribution < -0.4 is 10.2 Å². The van der Waals surface area contributed by atoms with Crippen LogP contribution in [0.15, 0.2) is 29.6 Å². The summed E-state index contributed by atoms with van der Waals surface area (Å²) < 4.78 is 0. The van der Waals surface area contributed by atoms with Crippen molar-refractivity contribution in [2.75, 3.05) is 18.0 Å². The molecule has 0 aliphatic carbocycles. The lowest BCUT2D eigenvalue weighted by Crippen LogP contribution is -2.27. The number of anilines is 1. The highest BCUT2D eigenvalue weighted by atomic mass is 32.1. The summed E-state index contributed by atoms with van der Waals surface area (Å²) in [6, 6.07) is 8.19. The first-order chi connectivity index (χ1) is 11.6. The summed E-state index contributed by atoms with van der Waals surface area (Å²) in [4.78, 5) is 29.9. The fourth-order valence-electron chi connectivity index (χ4n) is 2.81. The zero-order valence-corrected chi connectivity index (χ0v) is 14.6. The van der Waals surface area contributed by atoms with Crippen molar-refractivity contribution in [2.45, 2.75) is 32.6 Å². The molecule has 1 aliphatic rings. The van der Waals surface area contributed by atoms with Crippen molar-refractivity contribution >= 4 is 28.3 Å². The quantitative estimate of drug-likeness (QED) is 0.876. The second-order valence-corrected chi connectivity index (χ2v) is 6.81. The number of rotatable bonds is 6. The van der Waals surface area contributed by atoms with Gasteiger partial charge in [-0.15, -0.1) is 11.3 Å². The largest absolute Gasteiger partial charge is 0.355 e. The van der Waals surface area contributed by atoms with E-state index in [0.717, 1.165) is 25.1 Å². The van der Waals surface area contributed by atoms with Crippen molar-refractivity contribution in [3.8, 4) is 0 Å². The van der Waals surface area contributed by atoms with Gasteiger partial charge >= 0.3 is 0 Å². The number of nitrogens with one attached hydrogen (secondary N) is 1. The molecule has 5 nitrogen and oxygen atoms in total. The zero-order chi connectivity index (χ0) is 16.9. The molecule has 1 aromatic carbocycles. The number of aryl methyl sites for hydroxylation is 1. The van der Waals surface area contributed by atoms with Gasteiger partial charge in [0.15, 0.2) is 5.13 Å². The van der Waals surface area contributed by atoms with Crippen LogP contribution >= 0.6 is 11.3 Å². The molecule has 0 spiro atoms. The number of carbonyl (C=O) groups is 2. The van der Waals surface area contributed by atoms with E-state index in [1.54, 1.807) is 4.90 Å². The van der Waals surface area contributed by atoms with Crippen LogP contribution in [0.25, 0.3) is 0 Å². The van der Waals surface area contributed by atoms with Crippen molar-refractivity contribution in [1.29, 1.82) is 0 Å². The molecule has 6 heteroatoms. The average Bonchev–Trinajstić information content (AvgIpc) is 3.18. The molecule has 1 fully saturated rings. The Morgan fingerprint density at radius 1 is 1.38 bits per heavy atom. The van der Waals surface area contributed by atoms with Crippen LogP contribution in [0.4, 0.5) is 5.13 Å². The number of amides is 2. The molecule has 1 N–H and O–H groups in total. The third-order valence-corrected chi connectivity index (χ3v) is 5.08. The Morgan fingerprint density at radius 2 is 2.21 bits per heavy atom. The lowest BCUT2D eigenvalue weighted by molar-refractivity contribution is -0.120. The van der Waals surface area contributed by atoms with E-state index >= 15 is 0 Å². The minimum absolute atomic E-state index is 0.0341. The summed E-state index contributed by atoms with van der Waals surface area (Å²) >= 11 is 1.43. The summed E-state index contributed by atoms with van der Waals surface area (Å²) in [6.45, 7) is 3.42. The van der Waals surface area contributed by atoms with Gasteiger partial charge in [-0.3, -0.25) is 14.5 Å². The normalized spacial score (nSPS) is 14.2. The van der Waals surface area contributed by atoms with Gasteiger partial charge < -0.3 is 5.32 Å². The molecule has 1 aromatic heterocycles. The van der Waals surface area contributed by atoms with E-state index in [-0.39, 0.29) is 18.2 Å². The van der Waals surface area contributed by atoms with Gasteiger partial charge in [-0.05, 0) is 30.9 Å². The van der Waals surface area contributed by atoms with Crippen LogP contribution in [-0.2, 0) is 22.4 Å². The van der Waals surface area contributed by atoms with Crippen LogP contribution in [-0.4, -0.2) is 29.9 Å². The van der Waals surface area contributed by atoms with Gasteiger partial charge in [0.05, 0.1) is 12.1 Å². The molecule has 0 unspecified atom stereocenters. The highest BCUT2D eigenvalue weighted by molar-refractivity contribution is 7.14. The van der Waals surface area contributed by atoms with Crippen LogP contribution in [0.2, 0.25) is 0 Å². The average molecular weight is 343 g/mol. The lowest BCUT2D eigenvalue weighted by atomic mass is 10.1. The molecular weight excluding hydrogens is 322 g/mol. The molecule has 24 heavy (non-hydrogen) atoms. The van der Waals surface area contributed by atoms with Crippen molar-refractivity contribution in [3.63, 3.8) is 0 Å². The van der Waals surface area contributed by atoms with Crippen molar-refractivity contribution in [1.82, 2.24) is 10.3 Å². The maximum atomic E-state index is 12.1. The predicted octanol–water partition coefficient (Wildman–Crippen LogP) is 2.48. The van der Waals surface area contributed by atoms with E-state index in [2.05, 4.69) is 29.4 Å². The van der Waals surface area contributed by atoms with E-state index < -0.39 is 0 Å². The minimum atomic E-state index is -0.0341. The fraction of sp³-hybridized carbons (Fsp3) is 0.389. The molecule has 0 bridgehead atoms. The Morgan fingerprint density at radius 3 is 2.96 bits per heavy atom. The molecule has 0 saturated carbocycles. The molecule has 3 rings (SSSR count). The molecule has 0 atom stereocenters. The summed E-state index contributed by atoms with van der Waals surface area (Å²) in [5.41, 5.74) is 3.22. The number of benzene rings is 1. The van der Waals surface area contributed by atoms with Crippen molar-refractivity contribution in [2.24, 2.45) is 0 Å². The molecule has 2 heterocycles. The fourth-order valence-corrected chi connectivity index (χ4v) is 3.67. The molecular formula is C18H21N3O2S. The van der Waals surface area contributed by atoms with Gasteiger partial charge in [0, 0.05) is 24.9 Å². The maximum absolute atomic E-state index is 12.1.